The molecule has 1 heterocycles. The molecule has 0 spiro atoms. The number of thiophene rings is 1. The lowest BCUT2D eigenvalue weighted by atomic mass is 10.1. The molecule has 1 aliphatic carbocycles. The van der Waals surface area contributed by atoms with E-state index in [-0.39, 0.29) is 18.6 Å². The molecule has 0 saturated heterocycles. The second kappa shape index (κ2) is 8.35. The molecule has 0 saturated carbocycles. The van der Waals surface area contributed by atoms with Gasteiger partial charge in [-0.15, -0.1) is 11.3 Å². The number of nitro benzene ring substituents is 2. The summed E-state index contributed by atoms with van der Waals surface area (Å²) in [5, 5.41) is 25.1. The maximum absolute atomic E-state index is 12.5. The summed E-state index contributed by atoms with van der Waals surface area (Å²) in [4.78, 5) is 46.5. The second-order valence-corrected chi connectivity index (χ2v) is 7.44. The summed E-state index contributed by atoms with van der Waals surface area (Å²) in [7, 11) is 0. The number of carbonyl (C=O) groups excluding carboxylic acids is 2. The molecular formula is C18H17N3O7S. The molecule has 1 aromatic carbocycles. The summed E-state index contributed by atoms with van der Waals surface area (Å²) >= 11 is 1.30. The minimum atomic E-state index is -0.765. The van der Waals surface area contributed by atoms with E-state index in [1.54, 1.807) is 6.92 Å². The number of anilines is 1. The van der Waals surface area contributed by atoms with Gasteiger partial charge in [-0.05, 0) is 37.8 Å². The fraction of sp³-hybridized carbons (Fsp3) is 0.333. The van der Waals surface area contributed by atoms with Crippen molar-refractivity contribution in [3.8, 4) is 0 Å². The Morgan fingerprint density at radius 2 is 1.97 bits per heavy atom. The van der Waals surface area contributed by atoms with Crippen molar-refractivity contribution in [1.82, 2.24) is 0 Å². The lowest BCUT2D eigenvalue weighted by Gasteiger charge is -2.08. The Morgan fingerprint density at radius 3 is 2.62 bits per heavy atom. The predicted molar refractivity (Wildman–Crippen MR) is 104 cm³/mol. The largest absolute Gasteiger partial charge is 0.462 e. The van der Waals surface area contributed by atoms with Crippen LogP contribution in [0, 0.1) is 20.2 Å². The average molecular weight is 419 g/mol. The lowest BCUT2D eigenvalue weighted by Crippen LogP contribution is -2.17. The molecule has 2 aromatic rings. The van der Waals surface area contributed by atoms with Crippen molar-refractivity contribution >= 4 is 39.6 Å². The third kappa shape index (κ3) is 4.24. The van der Waals surface area contributed by atoms with Crippen molar-refractivity contribution in [1.29, 1.82) is 0 Å². The standard InChI is InChI=1S/C18H17N3O7S/c1-2-28-18(23)16-12-4-3-5-14(12)29-17(16)19-15(22)8-10-6-7-11(20(24)25)9-13(10)21(26)27/h6-7,9H,2-5,8H2,1H3,(H,19,22). The Labute approximate surface area is 168 Å². The maximum atomic E-state index is 12.5. The van der Waals surface area contributed by atoms with E-state index in [1.807, 2.05) is 0 Å². The third-order valence-corrected chi connectivity index (χ3v) is 5.69. The number of esters is 1. The van der Waals surface area contributed by atoms with Gasteiger partial charge in [0, 0.05) is 16.5 Å². The number of nitrogens with one attached hydrogen (secondary N) is 1. The Balaban J connectivity index is 1.84. The van der Waals surface area contributed by atoms with Gasteiger partial charge in [0.2, 0.25) is 5.91 Å². The zero-order valence-electron chi connectivity index (χ0n) is 15.4. The number of carbonyl (C=O) groups is 2. The molecule has 0 radical (unpaired) electrons. The van der Waals surface area contributed by atoms with Gasteiger partial charge in [-0.2, -0.15) is 0 Å². The van der Waals surface area contributed by atoms with Gasteiger partial charge in [-0.25, -0.2) is 4.79 Å². The highest BCUT2D eigenvalue weighted by atomic mass is 32.1. The van der Waals surface area contributed by atoms with Crippen molar-refractivity contribution in [2.24, 2.45) is 0 Å². The summed E-state index contributed by atoms with van der Waals surface area (Å²) in [6, 6.07) is 3.13. The van der Waals surface area contributed by atoms with Crippen LogP contribution in [0.4, 0.5) is 16.4 Å². The first kappa shape index (κ1) is 20.4. The molecule has 11 heteroatoms. The van der Waals surface area contributed by atoms with E-state index in [9.17, 15) is 29.8 Å². The first-order valence-electron chi connectivity index (χ1n) is 8.85. The number of amides is 1. The molecule has 1 aliphatic rings. The van der Waals surface area contributed by atoms with E-state index in [4.69, 9.17) is 4.74 Å². The van der Waals surface area contributed by atoms with E-state index in [1.165, 1.54) is 17.4 Å². The van der Waals surface area contributed by atoms with Crippen LogP contribution >= 0.6 is 11.3 Å². The van der Waals surface area contributed by atoms with E-state index in [0.29, 0.717) is 10.6 Å². The predicted octanol–water partition coefficient (Wildman–Crippen LogP) is 3.41. The monoisotopic (exact) mass is 419 g/mol. The number of hydrogen-bond donors (Lipinski definition) is 1. The molecule has 1 aromatic heterocycles. The van der Waals surface area contributed by atoms with Crippen LogP contribution in [0.5, 0.6) is 0 Å². The fourth-order valence-corrected chi connectivity index (χ4v) is 4.53. The smallest absolute Gasteiger partial charge is 0.341 e. The minimum Gasteiger partial charge on any atom is -0.462 e. The second-order valence-electron chi connectivity index (χ2n) is 6.33. The summed E-state index contributed by atoms with van der Waals surface area (Å²) in [6.45, 7) is 1.89. The number of rotatable bonds is 7. The van der Waals surface area contributed by atoms with Gasteiger partial charge in [0.15, 0.2) is 0 Å². The molecule has 0 unspecified atom stereocenters. The van der Waals surface area contributed by atoms with E-state index >= 15 is 0 Å². The van der Waals surface area contributed by atoms with Crippen LogP contribution in [0.15, 0.2) is 18.2 Å². The zero-order chi connectivity index (χ0) is 21.1. The topological polar surface area (TPSA) is 142 Å². The number of non-ortho nitro benzene ring substituents is 1. The number of nitrogens with zero attached hydrogens (tertiary/aromatic N) is 2. The molecule has 3 rings (SSSR count). The molecule has 1 N–H and O–H groups in total. The molecule has 10 nitrogen and oxygen atoms in total. The SMILES string of the molecule is CCOC(=O)c1c(NC(=O)Cc2ccc([N+](=O)[O-])cc2[N+](=O)[O-])sc2c1CCC2. The summed E-state index contributed by atoms with van der Waals surface area (Å²) in [6.07, 6.45) is 2.11. The lowest BCUT2D eigenvalue weighted by molar-refractivity contribution is -0.394. The van der Waals surface area contributed by atoms with Gasteiger partial charge in [0.05, 0.1) is 34.5 Å². The molecular weight excluding hydrogens is 402 g/mol. The number of fused-ring (bicyclic) bond motifs is 1. The van der Waals surface area contributed by atoms with Crippen molar-refractivity contribution < 1.29 is 24.2 Å². The number of nitro groups is 2. The van der Waals surface area contributed by atoms with E-state index in [0.717, 1.165) is 41.8 Å². The van der Waals surface area contributed by atoms with Gasteiger partial charge >= 0.3 is 5.97 Å². The normalized spacial score (nSPS) is 12.3. The number of ether oxygens (including phenoxy) is 1. The average Bonchev–Trinajstić information content (AvgIpc) is 3.22. The number of hydrogen-bond acceptors (Lipinski definition) is 8. The van der Waals surface area contributed by atoms with Crippen molar-refractivity contribution in [2.75, 3.05) is 11.9 Å². The molecule has 152 valence electrons. The van der Waals surface area contributed by atoms with Gasteiger partial charge in [-0.1, -0.05) is 0 Å². The van der Waals surface area contributed by atoms with Gasteiger partial charge < -0.3 is 10.1 Å². The van der Waals surface area contributed by atoms with Gasteiger partial charge in [0.25, 0.3) is 11.4 Å². The Kier molecular flexibility index (Phi) is 5.87. The van der Waals surface area contributed by atoms with Crippen LogP contribution in [-0.4, -0.2) is 28.3 Å². The van der Waals surface area contributed by atoms with Crippen molar-refractivity contribution in [3.05, 3.63) is 60.0 Å². The molecule has 29 heavy (non-hydrogen) atoms. The summed E-state index contributed by atoms with van der Waals surface area (Å²) in [5.41, 5.74) is 0.328. The molecule has 1 amide bonds. The minimum absolute atomic E-state index is 0.0416. The fourth-order valence-electron chi connectivity index (χ4n) is 3.24. The summed E-state index contributed by atoms with van der Waals surface area (Å²) in [5.74, 6) is -1.07. The number of aryl methyl sites for hydroxylation is 1. The Bertz CT molecular complexity index is 1020. The Hall–Kier alpha value is -3.34. The number of benzene rings is 1. The van der Waals surface area contributed by atoms with Crippen LogP contribution in [0.3, 0.4) is 0 Å². The van der Waals surface area contributed by atoms with Gasteiger partial charge in [-0.3, -0.25) is 25.0 Å². The molecule has 0 atom stereocenters. The van der Waals surface area contributed by atoms with Crippen molar-refractivity contribution in [2.45, 2.75) is 32.6 Å². The van der Waals surface area contributed by atoms with Crippen LogP contribution in [0.1, 0.15) is 39.7 Å². The zero-order valence-corrected chi connectivity index (χ0v) is 16.2. The molecule has 0 bridgehead atoms. The van der Waals surface area contributed by atoms with Gasteiger partial charge in [0.1, 0.15) is 5.00 Å². The molecule has 0 aliphatic heterocycles. The van der Waals surface area contributed by atoms with E-state index < -0.39 is 33.1 Å². The highest BCUT2D eigenvalue weighted by molar-refractivity contribution is 7.17. The first-order chi connectivity index (χ1) is 13.8. The van der Waals surface area contributed by atoms with E-state index in [2.05, 4.69) is 5.32 Å². The first-order valence-corrected chi connectivity index (χ1v) is 9.66. The van der Waals surface area contributed by atoms with Crippen LogP contribution in [0.2, 0.25) is 0 Å². The maximum Gasteiger partial charge on any atom is 0.341 e. The molecule has 0 fully saturated rings. The third-order valence-electron chi connectivity index (χ3n) is 4.48. The highest BCUT2D eigenvalue weighted by Gasteiger charge is 2.29. The van der Waals surface area contributed by atoms with Crippen LogP contribution in [-0.2, 0) is 28.8 Å². The summed E-state index contributed by atoms with van der Waals surface area (Å²) < 4.78 is 5.10. The highest BCUT2D eigenvalue weighted by Crippen LogP contribution is 2.39. The van der Waals surface area contributed by atoms with Crippen molar-refractivity contribution in [3.63, 3.8) is 0 Å². The van der Waals surface area contributed by atoms with Crippen LogP contribution < -0.4 is 5.32 Å². The van der Waals surface area contributed by atoms with Crippen LogP contribution in [0.25, 0.3) is 0 Å². The Morgan fingerprint density at radius 1 is 1.21 bits per heavy atom. The quantitative estimate of drug-likeness (QED) is 0.412.